The molecule has 0 aromatic heterocycles. The van der Waals surface area contributed by atoms with Gasteiger partial charge in [0, 0.05) is 10.0 Å². The summed E-state index contributed by atoms with van der Waals surface area (Å²) in [5.74, 6) is 2.04. The first-order chi connectivity index (χ1) is 23.8. The van der Waals surface area contributed by atoms with Crippen LogP contribution in [0.15, 0.2) is 124 Å². The number of carbonyl (C=O) groups excluding carboxylic acids is 1. The highest BCUT2D eigenvalue weighted by Gasteiger charge is 2.35. The van der Waals surface area contributed by atoms with Crippen LogP contribution in [-0.2, 0) is 18.0 Å². The maximum atomic E-state index is 13.8. The van der Waals surface area contributed by atoms with E-state index in [4.69, 9.17) is 47.1 Å². The smallest absolute Gasteiger partial charge is 0.271 e. The zero-order valence-electron chi connectivity index (χ0n) is 26.4. The van der Waals surface area contributed by atoms with Crippen molar-refractivity contribution in [3.63, 3.8) is 0 Å². The first-order valence-corrected chi connectivity index (χ1v) is 17.4. The third kappa shape index (κ3) is 8.43. The number of halogens is 3. The van der Waals surface area contributed by atoms with Gasteiger partial charge in [-0.05, 0) is 123 Å². The Morgan fingerprint density at radius 3 is 2.12 bits per heavy atom. The summed E-state index contributed by atoms with van der Waals surface area (Å²) in [5.41, 5.74) is 3.99. The molecule has 248 valence electrons. The van der Waals surface area contributed by atoms with E-state index in [0.29, 0.717) is 65.6 Å². The first kappa shape index (κ1) is 34.5. The molecule has 0 atom stereocenters. The summed E-state index contributed by atoms with van der Waals surface area (Å²) in [7, 11) is 3.18. The molecule has 0 unspecified atom stereocenters. The van der Waals surface area contributed by atoms with Crippen LogP contribution in [-0.4, -0.2) is 25.3 Å². The van der Waals surface area contributed by atoms with Crippen molar-refractivity contribution in [2.24, 2.45) is 4.99 Å². The Bertz CT molecular complexity index is 2020. The van der Waals surface area contributed by atoms with Crippen molar-refractivity contribution < 1.29 is 23.7 Å². The van der Waals surface area contributed by atoms with Gasteiger partial charge in [0.1, 0.15) is 13.2 Å². The molecule has 11 heteroatoms. The predicted octanol–water partition coefficient (Wildman–Crippen LogP) is 10.7. The molecule has 7 nitrogen and oxygen atoms in total. The molecule has 0 spiro atoms. The average Bonchev–Trinajstić information content (AvgIpc) is 3.41. The average molecular weight is 777 g/mol. The van der Waals surface area contributed by atoms with E-state index >= 15 is 0 Å². The number of amides is 1. The fourth-order valence-electron chi connectivity index (χ4n) is 4.92. The van der Waals surface area contributed by atoms with Crippen molar-refractivity contribution >= 4 is 79.4 Å². The van der Waals surface area contributed by atoms with E-state index in [1.165, 1.54) is 11.8 Å². The number of anilines is 1. The van der Waals surface area contributed by atoms with Gasteiger partial charge in [-0.3, -0.25) is 9.69 Å². The van der Waals surface area contributed by atoms with Crippen LogP contribution in [0, 0.1) is 0 Å². The fourth-order valence-corrected chi connectivity index (χ4v) is 6.75. The lowest BCUT2D eigenvalue weighted by Gasteiger charge is -2.16. The zero-order valence-corrected chi connectivity index (χ0v) is 30.3. The second-order valence-corrected chi connectivity index (χ2v) is 13.4. The minimum atomic E-state index is -0.222. The molecule has 1 fully saturated rings. The molecule has 1 aliphatic rings. The largest absolute Gasteiger partial charge is 0.493 e. The van der Waals surface area contributed by atoms with Crippen LogP contribution in [0.3, 0.4) is 0 Å². The molecule has 0 saturated carbocycles. The maximum absolute atomic E-state index is 13.8. The minimum absolute atomic E-state index is 0.222. The third-order valence-corrected chi connectivity index (χ3v) is 9.40. The van der Waals surface area contributed by atoms with Crippen LogP contribution in [0.4, 0.5) is 11.4 Å². The lowest BCUT2D eigenvalue weighted by molar-refractivity contribution is -0.113. The van der Waals surface area contributed by atoms with Crippen molar-refractivity contribution in [3.8, 4) is 23.0 Å². The lowest BCUT2D eigenvalue weighted by Crippen LogP contribution is -2.28. The number of rotatable bonds is 11. The van der Waals surface area contributed by atoms with Crippen LogP contribution in [0.1, 0.15) is 16.7 Å². The van der Waals surface area contributed by atoms with Gasteiger partial charge in [0.25, 0.3) is 5.91 Å². The Morgan fingerprint density at radius 2 is 1.43 bits per heavy atom. The van der Waals surface area contributed by atoms with Crippen molar-refractivity contribution in [3.05, 3.63) is 145 Å². The van der Waals surface area contributed by atoms with Crippen LogP contribution in [0.25, 0.3) is 6.08 Å². The van der Waals surface area contributed by atoms with Crippen LogP contribution in [0.2, 0.25) is 10.0 Å². The summed E-state index contributed by atoms with van der Waals surface area (Å²) in [5, 5.41) is 1.67. The Hall–Kier alpha value is -4.41. The van der Waals surface area contributed by atoms with Gasteiger partial charge in [-0.25, -0.2) is 4.99 Å². The summed E-state index contributed by atoms with van der Waals surface area (Å²) in [6, 6.07) is 33.5. The van der Waals surface area contributed by atoms with Crippen molar-refractivity contribution in [2.75, 3.05) is 19.1 Å². The molecular formula is C38H29BrCl2N2O5S. The Labute approximate surface area is 307 Å². The molecule has 5 aromatic rings. The quantitative estimate of drug-likeness (QED) is 0.124. The van der Waals surface area contributed by atoms with Crippen molar-refractivity contribution in [2.45, 2.75) is 13.2 Å². The number of hydrogen-bond donors (Lipinski definition) is 0. The molecule has 0 bridgehead atoms. The van der Waals surface area contributed by atoms with Crippen molar-refractivity contribution in [1.82, 2.24) is 0 Å². The highest BCUT2D eigenvalue weighted by molar-refractivity contribution is 9.10. The van der Waals surface area contributed by atoms with E-state index < -0.39 is 0 Å². The molecule has 1 heterocycles. The van der Waals surface area contributed by atoms with E-state index in [1.807, 2.05) is 60.7 Å². The molecule has 1 amide bonds. The summed E-state index contributed by atoms with van der Waals surface area (Å²) in [4.78, 5) is 20.6. The predicted molar refractivity (Wildman–Crippen MR) is 202 cm³/mol. The van der Waals surface area contributed by atoms with Crippen LogP contribution in [0.5, 0.6) is 23.0 Å². The standard InChI is InChI=1S/C38H29BrCl2N2O5S/c1-45-33-19-25(8-17-32(33)47-22-24-6-4-3-5-7-24)23-48-36-31(39)18-26(20-34(36)46-2)21-35-37(44)43(30-15-11-28(41)12-16-30)38(49-35)42-29-13-9-27(40)10-14-29/h3-21H,22-23H2,1-2H3/b35-21+,42-38?. The molecule has 5 aromatic carbocycles. The molecule has 0 radical (unpaired) electrons. The monoisotopic (exact) mass is 774 g/mol. The highest BCUT2D eigenvalue weighted by Crippen LogP contribution is 2.41. The number of ether oxygens (including phenoxy) is 4. The zero-order chi connectivity index (χ0) is 34.3. The van der Waals surface area contributed by atoms with Gasteiger partial charge in [0.2, 0.25) is 0 Å². The lowest BCUT2D eigenvalue weighted by atomic mass is 10.1. The molecule has 1 saturated heterocycles. The summed E-state index contributed by atoms with van der Waals surface area (Å²) in [6.45, 7) is 0.680. The SMILES string of the molecule is COc1cc(COc2c(Br)cc(/C=C3/SC(=Nc4ccc(Cl)cc4)N(c4ccc(Cl)cc4)C3=O)cc2OC)ccc1OCc1ccccc1. The van der Waals surface area contributed by atoms with E-state index in [1.54, 1.807) is 73.7 Å². The second kappa shape index (κ2) is 15.9. The van der Waals surface area contributed by atoms with Crippen LogP contribution >= 0.6 is 50.9 Å². The van der Waals surface area contributed by atoms with Gasteiger partial charge < -0.3 is 18.9 Å². The highest BCUT2D eigenvalue weighted by atomic mass is 79.9. The normalized spacial score (nSPS) is 14.4. The van der Waals surface area contributed by atoms with Gasteiger partial charge in [-0.15, -0.1) is 0 Å². The molecular weight excluding hydrogens is 747 g/mol. The topological polar surface area (TPSA) is 69.6 Å². The van der Waals surface area contributed by atoms with Crippen LogP contribution < -0.4 is 23.8 Å². The van der Waals surface area contributed by atoms with Gasteiger partial charge in [0.15, 0.2) is 28.2 Å². The molecule has 49 heavy (non-hydrogen) atoms. The number of carbonyl (C=O) groups is 1. The summed E-state index contributed by atoms with van der Waals surface area (Å²) >= 11 is 17.1. The second-order valence-electron chi connectivity index (χ2n) is 10.7. The summed E-state index contributed by atoms with van der Waals surface area (Å²) < 4.78 is 24.2. The van der Waals surface area contributed by atoms with Gasteiger partial charge in [-0.2, -0.15) is 0 Å². The number of aliphatic imine (C=N–C) groups is 1. The molecule has 0 aliphatic carbocycles. The maximum Gasteiger partial charge on any atom is 0.271 e. The Kier molecular flexibility index (Phi) is 11.2. The number of methoxy groups -OCH3 is 2. The molecule has 6 rings (SSSR count). The first-order valence-electron chi connectivity index (χ1n) is 15.0. The van der Waals surface area contributed by atoms with E-state index in [-0.39, 0.29) is 12.5 Å². The van der Waals surface area contributed by atoms with E-state index in [2.05, 4.69) is 15.9 Å². The van der Waals surface area contributed by atoms with Gasteiger partial charge in [-0.1, -0.05) is 59.6 Å². The Balaban J connectivity index is 1.22. The number of nitrogens with zero attached hydrogens (tertiary/aromatic N) is 2. The number of hydrogen-bond acceptors (Lipinski definition) is 7. The van der Waals surface area contributed by atoms with Crippen molar-refractivity contribution in [1.29, 1.82) is 0 Å². The summed E-state index contributed by atoms with van der Waals surface area (Å²) in [6.07, 6.45) is 1.80. The molecule has 0 N–H and O–H groups in total. The van der Waals surface area contributed by atoms with Gasteiger partial charge >= 0.3 is 0 Å². The number of amidine groups is 1. The number of thioether (sulfide) groups is 1. The van der Waals surface area contributed by atoms with E-state index in [0.717, 1.165) is 16.7 Å². The third-order valence-electron chi connectivity index (χ3n) is 7.34. The number of benzene rings is 5. The Morgan fingerprint density at radius 1 is 0.755 bits per heavy atom. The van der Waals surface area contributed by atoms with Gasteiger partial charge in [0.05, 0.1) is 35.0 Å². The fraction of sp³-hybridized carbons (Fsp3) is 0.105. The minimum Gasteiger partial charge on any atom is -0.493 e. The molecule has 1 aliphatic heterocycles. The van der Waals surface area contributed by atoms with E-state index in [9.17, 15) is 4.79 Å².